The zero-order valence-corrected chi connectivity index (χ0v) is 15.2. The summed E-state index contributed by atoms with van der Waals surface area (Å²) in [6.07, 6.45) is 1.55. The van der Waals surface area contributed by atoms with Crippen LogP contribution in [0.1, 0.15) is 18.9 Å². The zero-order valence-electron chi connectivity index (χ0n) is 13.6. The largest absolute Gasteiger partial charge is 0.496 e. The molecule has 1 aromatic rings. The molecule has 0 heterocycles. The molecule has 0 spiro atoms. The summed E-state index contributed by atoms with van der Waals surface area (Å²) in [5, 5.41) is 11.6. The van der Waals surface area contributed by atoms with Gasteiger partial charge in [0.05, 0.1) is 13.0 Å². The highest BCUT2D eigenvalue weighted by atomic mass is 79.9. The first-order valence-corrected chi connectivity index (χ1v) is 8.18. The number of nitrogens with zero attached hydrogens (tertiary/aromatic N) is 1. The van der Waals surface area contributed by atoms with E-state index in [1.165, 1.54) is 4.90 Å². The molecule has 1 rings (SSSR count). The van der Waals surface area contributed by atoms with Crippen LogP contribution in [0.15, 0.2) is 22.7 Å². The number of aliphatic carboxylic acids is 1. The van der Waals surface area contributed by atoms with Gasteiger partial charge in [0.15, 0.2) is 0 Å². The molecule has 0 aliphatic rings. The Bertz CT molecular complexity index is 551. The van der Waals surface area contributed by atoms with Crippen LogP contribution in [0.4, 0.5) is 4.79 Å². The van der Waals surface area contributed by atoms with Gasteiger partial charge in [-0.2, -0.15) is 0 Å². The van der Waals surface area contributed by atoms with Crippen LogP contribution in [0.25, 0.3) is 0 Å². The molecule has 0 aliphatic heterocycles. The minimum absolute atomic E-state index is 0.182. The molecule has 128 valence electrons. The molecule has 2 amide bonds. The van der Waals surface area contributed by atoms with E-state index in [2.05, 4.69) is 21.2 Å². The van der Waals surface area contributed by atoms with Crippen LogP contribution in [0, 0.1) is 5.92 Å². The minimum atomic E-state index is -0.910. The SMILES string of the molecule is COc1cc(Br)ccc1CCCNC(=O)N(C)CC(C)C(=O)O. The molecule has 23 heavy (non-hydrogen) atoms. The maximum atomic E-state index is 11.9. The molecule has 0 saturated heterocycles. The van der Waals surface area contributed by atoms with Crippen molar-refractivity contribution >= 4 is 27.9 Å². The number of carbonyl (C=O) groups is 2. The van der Waals surface area contributed by atoms with Gasteiger partial charge in [-0.05, 0) is 30.5 Å². The summed E-state index contributed by atoms with van der Waals surface area (Å²) in [7, 11) is 3.22. The average molecular weight is 387 g/mol. The van der Waals surface area contributed by atoms with Gasteiger partial charge in [-0.3, -0.25) is 4.79 Å². The van der Waals surface area contributed by atoms with E-state index in [0.29, 0.717) is 6.54 Å². The number of rotatable bonds is 8. The van der Waals surface area contributed by atoms with Gasteiger partial charge in [-0.1, -0.05) is 28.9 Å². The molecular formula is C16H23BrN2O4. The third-order valence-corrected chi connectivity index (χ3v) is 3.96. The number of amides is 2. The van der Waals surface area contributed by atoms with Crippen molar-refractivity contribution in [2.45, 2.75) is 19.8 Å². The van der Waals surface area contributed by atoms with Gasteiger partial charge in [0.1, 0.15) is 5.75 Å². The summed E-state index contributed by atoms with van der Waals surface area (Å²) < 4.78 is 6.29. The van der Waals surface area contributed by atoms with Crippen molar-refractivity contribution in [3.63, 3.8) is 0 Å². The monoisotopic (exact) mass is 386 g/mol. The Morgan fingerprint density at radius 3 is 2.74 bits per heavy atom. The zero-order chi connectivity index (χ0) is 17.4. The smallest absolute Gasteiger partial charge is 0.317 e. The van der Waals surface area contributed by atoms with E-state index >= 15 is 0 Å². The molecule has 6 nitrogen and oxygen atoms in total. The third-order valence-electron chi connectivity index (χ3n) is 3.46. The fraction of sp³-hybridized carbons (Fsp3) is 0.500. The standard InChI is InChI=1S/C16H23BrN2O4/c1-11(15(20)21)10-19(2)16(22)18-8-4-5-12-6-7-13(17)9-14(12)23-3/h6-7,9,11H,4-5,8,10H2,1-3H3,(H,18,22)(H,20,21). The van der Waals surface area contributed by atoms with E-state index in [4.69, 9.17) is 9.84 Å². The summed E-state index contributed by atoms with van der Waals surface area (Å²) >= 11 is 3.40. The first-order chi connectivity index (χ1) is 10.8. The Morgan fingerprint density at radius 2 is 2.13 bits per heavy atom. The molecule has 7 heteroatoms. The number of methoxy groups -OCH3 is 1. The summed E-state index contributed by atoms with van der Waals surface area (Å²) in [5.74, 6) is -0.678. The molecule has 2 N–H and O–H groups in total. The topological polar surface area (TPSA) is 78.9 Å². The van der Waals surface area contributed by atoms with Gasteiger partial charge in [0.25, 0.3) is 0 Å². The second-order valence-corrected chi connectivity index (χ2v) is 6.33. The van der Waals surface area contributed by atoms with Gasteiger partial charge in [-0.15, -0.1) is 0 Å². The predicted molar refractivity (Wildman–Crippen MR) is 91.8 cm³/mol. The Kier molecular flexibility index (Phi) is 7.88. The lowest BCUT2D eigenvalue weighted by atomic mass is 10.1. The number of hydrogen-bond donors (Lipinski definition) is 2. The number of carbonyl (C=O) groups excluding carboxylic acids is 1. The maximum absolute atomic E-state index is 11.9. The number of hydrogen-bond acceptors (Lipinski definition) is 3. The van der Waals surface area contributed by atoms with E-state index in [0.717, 1.165) is 28.6 Å². The van der Waals surface area contributed by atoms with Crippen LogP contribution >= 0.6 is 15.9 Å². The van der Waals surface area contributed by atoms with Crippen molar-refractivity contribution in [1.29, 1.82) is 0 Å². The van der Waals surface area contributed by atoms with Gasteiger partial charge in [0.2, 0.25) is 0 Å². The van der Waals surface area contributed by atoms with Crippen LogP contribution in [-0.4, -0.2) is 49.3 Å². The first-order valence-electron chi connectivity index (χ1n) is 7.39. The number of carboxylic acid groups (broad SMARTS) is 1. The maximum Gasteiger partial charge on any atom is 0.317 e. The minimum Gasteiger partial charge on any atom is -0.496 e. The van der Waals surface area contributed by atoms with Crippen LogP contribution in [0.2, 0.25) is 0 Å². The Morgan fingerprint density at radius 1 is 1.43 bits per heavy atom. The molecule has 0 fully saturated rings. The summed E-state index contributed by atoms with van der Waals surface area (Å²) in [4.78, 5) is 24.0. The fourth-order valence-electron chi connectivity index (χ4n) is 2.11. The molecule has 1 aromatic carbocycles. The predicted octanol–water partition coefficient (Wildman–Crippen LogP) is 2.75. The molecule has 1 atom stereocenters. The molecule has 0 aromatic heterocycles. The lowest BCUT2D eigenvalue weighted by Gasteiger charge is -2.20. The number of nitrogens with one attached hydrogen (secondary N) is 1. The number of carboxylic acids is 1. The molecule has 0 bridgehead atoms. The lowest BCUT2D eigenvalue weighted by Crippen LogP contribution is -2.41. The average Bonchev–Trinajstić information content (AvgIpc) is 2.51. The summed E-state index contributed by atoms with van der Waals surface area (Å²) in [5.41, 5.74) is 1.08. The fourth-order valence-corrected chi connectivity index (χ4v) is 2.45. The lowest BCUT2D eigenvalue weighted by molar-refractivity contribution is -0.141. The Labute approximate surface area is 144 Å². The number of aryl methyl sites for hydroxylation is 1. The molecule has 0 radical (unpaired) electrons. The molecule has 1 unspecified atom stereocenters. The summed E-state index contributed by atoms with van der Waals surface area (Å²) in [6, 6.07) is 5.60. The molecular weight excluding hydrogens is 364 g/mol. The van der Waals surface area contributed by atoms with Crippen LogP contribution < -0.4 is 10.1 Å². The van der Waals surface area contributed by atoms with E-state index in [1.807, 2.05) is 18.2 Å². The van der Waals surface area contributed by atoms with E-state index in [9.17, 15) is 9.59 Å². The molecule has 0 saturated carbocycles. The number of urea groups is 1. The van der Waals surface area contributed by atoms with Crippen molar-refractivity contribution < 1.29 is 19.4 Å². The van der Waals surface area contributed by atoms with Crippen molar-refractivity contribution in [2.75, 3.05) is 27.2 Å². The van der Waals surface area contributed by atoms with Gasteiger partial charge in [-0.25, -0.2) is 4.79 Å². The quantitative estimate of drug-likeness (QED) is 0.673. The van der Waals surface area contributed by atoms with Crippen molar-refractivity contribution in [2.24, 2.45) is 5.92 Å². The van der Waals surface area contributed by atoms with Gasteiger partial charge >= 0.3 is 12.0 Å². The van der Waals surface area contributed by atoms with E-state index in [1.54, 1.807) is 21.1 Å². The van der Waals surface area contributed by atoms with E-state index in [-0.39, 0.29) is 12.6 Å². The van der Waals surface area contributed by atoms with Crippen LogP contribution in [0.3, 0.4) is 0 Å². The molecule has 0 aliphatic carbocycles. The van der Waals surface area contributed by atoms with Crippen LogP contribution in [-0.2, 0) is 11.2 Å². The second-order valence-electron chi connectivity index (χ2n) is 5.41. The van der Waals surface area contributed by atoms with E-state index < -0.39 is 11.9 Å². The highest BCUT2D eigenvalue weighted by Gasteiger charge is 2.16. The number of halogens is 1. The van der Waals surface area contributed by atoms with Gasteiger partial charge in [0, 0.05) is 24.6 Å². The highest BCUT2D eigenvalue weighted by Crippen LogP contribution is 2.24. The van der Waals surface area contributed by atoms with Crippen molar-refractivity contribution in [1.82, 2.24) is 10.2 Å². The Hall–Kier alpha value is -1.76. The first kappa shape index (κ1) is 19.3. The van der Waals surface area contributed by atoms with Crippen LogP contribution in [0.5, 0.6) is 5.75 Å². The number of benzene rings is 1. The Balaban J connectivity index is 2.37. The second kappa shape index (κ2) is 9.39. The van der Waals surface area contributed by atoms with Gasteiger partial charge < -0.3 is 20.1 Å². The third kappa shape index (κ3) is 6.48. The number of ether oxygens (including phenoxy) is 1. The summed E-state index contributed by atoms with van der Waals surface area (Å²) in [6.45, 7) is 2.28. The van der Waals surface area contributed by atoms with Crippen molar-refractivity contribution in [3.05, 3.63) is 28.2 Å². The highest BCUT2D eigenvalue weighted by molar-refractivity contribution is 9.10. The van der Waals surface area contributed by atoms with Crippen molar-refractivity contribution in [3.8, 4) is 5.75 Å². The normalized spacial score (nSPS) is 11.7.